The molecule has 0 aromatic carbocycles. The van der Waals surface area contributed by atoms with Crippen LogP contribution in [-0.2, 0) is 13.6 Å². The number of alkyl halides is 3. The third-order valence-corrected chi connectivity index (χ3v) is 5.28. The van der Waals surface area contributed by atoms with E-state index in [2.05, 4.69) is 0 Å². The molecule has 0 heterocycles. The SMILES string of the molecule is CCCCOP(=O)(OCCCC)[C@H](O)C(Cl)(Cl)Cl. The summed E-state index contributed by atoms with van der Waals surface area (Å²) in [7, 11) is -3.83. The number of rotatable bonds is 9. The number of halogens is 3. The zero-order valence-electron chi connectivity index (χ0n) is 10.6. The maximum absolute atomic E-state index is 12.4. The molecule has 0 bridgehead atoms. The summed E-state index contributed by atoms with van der Waals surface area (Å²) >= 11 is 16.6. The van der Waals surface area contributed by atoms with Gasteiger partial charge in [0.05, 0.1) is 13.2 Å². The molecule has 0 aromatic rings. The van der Waals surface area contributed by atoms with Gasteiger partial charge in [-0.2, -0.15) is 0 Å². The fourth-order valence-electron chi connectivity index (χ4n) is 1.03. The van der Waals surface area contributed by atoms with Crippen LogP contribution in [0, 0.1) is 0 Å². The van der Waals surface area contributed by atoms with Crippen molar-refractivity contribution < 1.29 is 18.7 Å². The Morgan fingerprint density at radius 3 is 1.78 bits per heavy atom. The highest BCUT2D eigenvalue weighted by Crippen LogP contribution is 2.59. The molecule has 0 aromatic heterocycles. The van der Waals surface area contributed by atoms with Crippen LogP contribution in [0.3, 0.4) is 0 Å². The Kier molecular flexibility index (Phi) is 9.51. The van der Waals surface area contributed by atoms with E-state index in [0.29, 0.717) is 12.8 Å². The second kappa shape index (κ2) is 9.02. The largest absolute Gasteiger partial charge is 0.377 e. The summed E-state index contributed by atoms with van der Waals surface area (Å²) in [6, 6.07) is 0. The quantitative estimate of drug-likeness (QED) is 0.381. The molecule has 0 spiro atoms. The smallest absolute Gasteiger partial charge is 0.363 e. The summed E-state index contributed by atoms with van der Waals surface area (Å²) < 4.78 is 20.5. The molecule has 0 aliphatic rings. The summed E-state index contributed by atoms with van der Waals surface area (Å²) in [4.78, 5) is 0. The van der Waals surface area contributed by atoms with Crippen molar-refractivity contribution in [3.8, 4) is 0 Å². The first-order valence-electron chi connectivity index (χ1n) is 5.91. The lowest BCUT2D eigenvalue weighted by Crippen LogP contribution is -2.27. The van der Waals surface area contributed by atoms with Gasteiger partial charge in [-0.25, -0.2) is 0 Å². The molecule has 0 aliphatic heterocycles. The minimum Gasteiger partial charge on any atom is -0.377 e. The van der Waals surface area contributed by atoms with Gasteiger partial charge in [-0.3, -0.25) is 4.57 Å². The first kappa shape index (κ1) is 19.0. The van der Waals surface area contributed by atoms with Crippen molar-refractivity contribution in [1.82, 2.24) is 0 Å². The van der Waals surface area contributed by atoms with Gasteiger partial charge in [0.15, 0.2) is 0 Å². The predicted molar refractivity (Wildman–Crippen MR) is 75.6 cm³/mol. The number of aliphatic hydroxyl groups is 1. The van der Waals surface area contributed by atoms with Crippen molar-refractivity contribution >= 4 is 42.4 Å². The van der Waals surface area contributed by atoms with Crippen LogP contribution in [0.4, 0.5) is 0 Å². The second-order valence-corrected chi connectivity index (χ2v) is 8.28. The van der Waals surface area contributed by atoms with Gasteiger partial charge >= 0.3 is 7.60 Å². The first-order chi connectivity index (χ1) is 8.28. The summed E-state index contributed by atoms with van der Waals surface area (Å²) in [5.74, 6) is -1.79. The Labute approximate surface area is 123 Å². The van der Waals surface area contributed by atoms with Crippen LogP contribution in [0.2, 0.25) is 0 Å². The fraction of sp³-hybridized carbons (Fsp3) is 1.00. The lowest BCUT2D eigenvalue weighted by molar-refractivity contribution is 0.140. The van der Waals surface area contributed by atoms with E-state index < -0.39 is 17.2 Å². The number of hydrogen-bond acceptors (Lipinski definition) is 4. The lowest BCUT2D eigenvalue weighted by atomic mass is 10.4. The second-order valence-electron chi connectivity index (χ2n) is 3.83. The third-order valence-electron chi connectivity index (χ3n) is 2.13. The van der Waals surface area contributed by atoms with E-state index in [-0.39, 0.29) is 13.2 Å². The highest BCUT2D eigenvalue weighted by molar-refractivity contribution is 7.55. The number of unbranched alkanes of at least 4 members (excludes halogenated alkanes) is 2. The molecule has 1 N–H and O–H groups in total. The van der Waals surface area contributed by atoms with Crippen LogP contribution in [0.1, 0.15) is 39.5 Å². The van der Waals surface area contributed by atoms with E-state index in [0.717, 1.165) is 12.8 Å². The molecular weight excluding hydrogens is 321 g/mol. The first-order valence-corrected chi connectivity index (χ1v) is 8.66. The Bertz CT molecular complexity index is 256. The molecule has 0 radical (unpaired) electrons. The Balaban J connectivity index is 4.63. The van der Waals surface area contributed by atoms with Crippen molar-refractivity contribution in [2.24, 2.45) is 0 Å². The van der Waals surface area contributed by atoms with Gasteiger partial charge in [0, 0.05) is 0 Å². The van der Waals surface area contributed by atoms with Crippen molar-refractivity contribution in [1.29, 1.82) is 0 Å². The van der Waals surface area contributed by atoms with Crippen LogP contribution >= 0.6 is 42.4 Å². The van der Waals surface area contributed by atoms with Crippen molar-refractivity contribution in [3.05, 3.63) is 0 Å². The molecule has 4 nitrogen and oxygen atoms in total. The lowest BCUT2D eigenvalue weighted by Gasteiger charge is -2.27. The van der Waals surface area contributed by atoms with Gasteiger partial charge < -0.3 is 14.2 Å². The topological polar surface area (TPSA) is 55.8 Å². The van der Waals surface area contributed by atoms with Crippen LogP contribution in [0.25, 0.3) is 0 Å². The van der Waals surface area contributed by atoms with Gasteiger partial charge in [-0.05, 0) is 12.8 Å². The van der Waals surface area contributed by atoms with Gasteiger partial charge in [0.2, 0.25) is 9.64 Å². The van der Waals surface area contributed by atoms with Crippen molar-refractivity contribution in [2.75, 3.05) is 13.2 Å². The maximum Gasteiger partial charge on any atom is 0.363 e. The highest BCUT2D eigenvalue weighted by atomic mass is 35.6. The summed E-state index contributed by atoms with van der Waals surface area (Å²) in [5.41, 5.74) is 0. The number of hydrogen-bond donors (Lipinski definition) is 1. The molecule has 18 heavy (non-hydrogen) atoms. The molecular formula is C10H20Cl3O4P. The van der Waals surface area contributed by atoms with Crippen LogP contribution in [0.15, 0.2) is 0 Å². The fourth-order valence-corrected chi connectivity index (χ4v) is 3.59. The molecule has 110 valence electrons. The minimum absolute atomic E-state index is 0.192. The Morgan fingerprint density at radius 2 is 1.50 bits per heavy atom. The zero-order chi connectivity index (χ0) is 14.2. The van der Waals surface area contributed by atoms with Crippen LogP contribution in [0.5, 0.6) is 0 Å². The van der Waals surface area contributed by atoms with Gasteiger partial charge in [0.1, 0.15) is 0 Å². The van der Waals surface area contributed by atoms with Crippen molar-refractivity contribution in [3.63, 3.8) is 0 Å². The molecule has 0 unspecified atom stereocenters. The maximum atomic E-state index is 12.4. The predicted octanol–water partition coefficient (Wildman–Crippen LogP) is 4.50. The molecule has 0 saturated heterocycles. The van der Waals surface area contributed by atoms with Gasteiger partial charge in [-0.1, -0.05) is 61.5 Å². The normalized spacial score (nSPS) is 14.8. The summed E-state index contributed by atoms with van der Waals surface area (Å²) in [5, 5.41) is 9.79. The summed E-state index contributed by atoms with van der Waals surface area (Å²) in [6.07, 6.45) is 3.10. The molecule has 0 aliphatic carbocycles. The summed E-state index contributed by atoms with van der Waals surface area (Å²) in [6.45, 7) is 4.30. The standard InChI is InChI=1S/C10H20Cl3O4P/c1-3-5-7-16-18(15,17-8-6-4-2)9(14)10(11,12)13/h9,14H,3-8H2,1-2H3/t9-/m0/s1. The molecule has 0 rings (SSSR count). The van der Waals surface area contributed by atoms with Gasteiger partial charge in [-0.15, -0.1) is 0 Å². The van der Waals surface area contributed by atoms with E-state index in [4.69, 9.17) is 43.9 Å². The monoisotopic (exact) mass is 340 g/mol. The average Bonchev–Trinajstić information content (AvgIpc) is 2.27. The van der Waals surface area contributed by atoms with Crippen molar-refractivity contribution in [2.45, 2.75) is 49.2 Å². The van der Waals surface area contributed by atoms with Gasteiger partial charge in [0.25, 0.3) is 0 Å². The van der Waals surface area contributed by atoms with E-state index in [9.17, 15) is 9.67 Å². The van der Waals surface area contributed by atoms with E-state index in [1.807, 2.05) is 13.8 Å². The minimum atomic E-state index is -3.83. The highest BCUT2D eigenvalue weighted by Gasteiger charge is 2.47. The molecule has 0 fully saturated rings. The van der Waals surface area contributed by atoms with E-state index in [1.54, 1.807) is 0 Å². The van der Waals surface area contributed by atoms with Crippen LogP contribution in [-0.4, -0.2) is 28.0 Å². The van der Waals surface area contributed by atoms with E-state index >= 15 is 0 Å². The third kappa shape index (κ3) is 6.95. The van der Waals surface area contributed by atoms with E-state index in [1.165, 1.54) is 0 Å². The Hall–Kier alpha value is 0.980. The molecule has 8 heteroatoms. The molecule has 0 amide bonds. The molecule has 0 saturated carbocycles. The average molecular weight is 342 g/mol. The zero-order valence-corrected chi connectivity index (χ0v) is 13.7. The number of aliphatic hydroxyl groups excluding tert-OH is 1. The Morgan fingerprint density at radius 1 is 1.11 bits per heavy atom. The van der Waals surface area contributed by atoms with Crippen LogP contribution < -0.4 is 0 Å². The molecule has 1 atom stereocenters.